The maximum Gasteiger partial charge on any atom is 0.320 e. The van der Waals surface area contributed by atoms with Gasteiger partial charge in [0.1, 0.15) is 12.5 Å². The summed E-state index contributed by atoms with van der Waals surface area (Å²) in [5, 5.41) is 8.31. The van der Waals surface area contributed by atoms with Crippen LogP contribution >= 0.6 is 0 Å². The van der Waals surface area contributed by atoms with Crippen molar-refractivity contribution in [3.8, 4) is 6.07 Å². The summed E-state index contributed by atoms with van der Waals surface area (Å²) in [6.07, 6.45) is 5.94. The Bertz CT molecular complexity index is 226. The molecule has 0 radical (unpaired) electrons. The van der Waals surface area contributed by atoms with Gasteiger partial charge in [0.2, 0.25) is 0 Å². The fraction of sp³-hybridized carbons (Fsp3) is 0.818. The highest BCUT2D eigenvalue weighted by atomic mass is 16.5. The van der Waals surface area contributed by atoms with Gasteiger partial charge in [0.05, 0.1) is 6.07 Å². The average Bonchev–Trinajstić information content (AvgIpc) is 2.19. The van der Waals surface area contributed by atoms with Crippen LogP contribution < -0.4 is 0 Å². The summed E-state index contributed by atoms with van der Waals surface area (Å²) in [7, 11) is 0. The van der Waals surface area contributed by atoms with Crippen molar-refractivity contribution in [2.45, 2.75) is 51.6 Å². The zero-order chi connectivity index (χ0) is 10.4. The van der Waals surface area contributed by atoms with E-state index in [0.29, 0.717) is 5.92 Å². The van der Waals surface area contributed by atoms with Gasteiger partial charge < -0.3 is 4.74 Å². The Morgan fingerprint density at radius 3 is 2.71 bits per heavy atom. The molecule has 0 aromatic heterocycles. The highest BCUT2D eigenvalue weighted by molar-refractivity contribution is 5.71. The molecule has 0 N–H and O–H groups in total. The minimum Gasteiger partial charge on any atom is -0.462 e. The van der Waals surface area contributed by atoms with Crippen LogP contribution in [0.5, 0.6) is 0 Å². The molecule has 0 amide bonds. The first kappa shape index (κ1) is 11.0. The van der Waals surface area contributed by atoms with Crippen molar-refractivity contribution in [3.05, 3.63) is 0 Å². The van der Waals surface area contributed by atoms with Crippen molar-refractivity contribution in [3.63, 3.8) is 0 Å². The molecular weight excluding hydrogens is 178 g/mol. The largest absolute Gasteiger partial charge is 0.462 e. The van der Waals surface area contributed by atoms with E-state index in [0.717, 1.165) is 12.8 Å². The molecule has 3 nitrogen and oxygen atoms in total. The SMILES string of the molecule is CC(OC(=O)CC#N)C1CCCCC1. The number of hydrogen-bond acceptors (Lipinski definition) is 3. The molecular formula is C11H17NO2. The van der Waals surface area contributed by atoms with Crippen LogP contribution in [0.2, 0.25) is 0 Å². The highest BCUT2D eigenvalue weighted by Gasteiger charge is 2.22. The van der Waals surface area contributed by atoms with Gasteiger partial charge in [0.15, 0.2) is 0 Å². The van der Waals surface area contributed by atoms with Crippen LogP contribution in [-0.2, 0) is 9.53 Å². The maximum atomic E-state index is 11.1. The monoisotopic (exact) mass is 195 g/mol. The van der Waals surface area contributed by atoms with Crippen LogP contribution in [0.25, 0.3) is 0 Å². The fourth-order valence-corrected chi connectivity index (χ4v) is 2.01. The third-order valence-electron chi connectivity index (χ3n) is 2.85. The van der Waals surface area contributed by atoms with E-state index in [1.807, 2.05) is 6.92 Å². The third-order valence-corrected chi connectivity index (χ3v) is 2.85. The Hall–Kier alpha value is -1.04. The van der Waals surface area contributed by atoms with Crippen LogP contribution in [0.3, 0.4) is 0 Å². The molecule has 1 unspecified atom stereocenters. The molecule has 1 rings (SSSR count). The second-order valence-electron chi connectivity index (χ2n) is 3.93. The lowest BCUT2D eigenvalue weighted by Gasteiger charge is -2.27. The Kier molecular flexibility index (Phi) is 4.45. The van der Waals surface area contributed by atoms with E-state index in [-0.39, 0.29) is 18.5 Å². The topological polar surface area (TPSA) is 50.1 Å². The molecule has 0 aliphatic heterocycles. The zero-order valence-electron chi connectivity index (χ0n) is 8.66. The first-order valence-corrected chi connectivity index (χ1v) is 5.30. The first-order valence-electron chi connectivity index (χ1n) is 5.30. The number of carbonyl (C=O) groups excluding carboxylic acids is 1. The number of rotatable bonds is 3. The molecule has 0 bridgehead atoms. The van der Waals surface area contributed by atoms with E-state index in [9.17, 15) is 4.79 Å². The van der Waals surface area contributed by atoms with Crippen molar-refractivity contribution < 1.29 is 9.53 Å². The summed E-state index contributed by atoms with van der Waals surface area (Å²) in [6, 6.07) is 1.80. The van der Waals surface area contributed by atoms with E-state index in [1.54, 1.807) is 6.07 Å². The second-order valence-corrected chi connectivity index (χ2v) is 3.93. The van der Waals surface area contributed by atoms with Gasteiger partial charge in [-0.15, -0.1) is 0 Å². The van der Waals surface area contributed by atoms with Gasteiger partial charge in [-0.25, -0.2) is 0 Å². The normalized spacial score (nSPS) is 19.7. The van der Waals surface area contributed by atoms with Gasteiger partial charge in [-0.05, 0) is 25.7 Å². The summed E-state index contributed by atoms with van der Waals surface area (Å²) < 4.78 is 5.17. The summed E-state index contributed by atoms with van der Waals surface area (Å²) in [6.45, 7) is 1.94. The lowest BCUT2D eigenvalue weighted by molar-refractivity contribution is -0.150. The van der Waals surface area contributed by atoms with Crippen LogP contribution in [0.4, 0.5) is 0 Å². The lowest BCUT2D eigenvalue weighted by Crippen LogP contribution is -2.25. The Labute approximate surface area is 85.1 Å². The number of esters is 1. The van der Waals surface area contributed by atoms with E-state index in [1.165, 1.54) is 19.3 Å². The molecule has 1 atom stereocenters. The second kappa shape index (κ2) is 5.64. The first-order chi connectivity index (χ1) is 6.74. The molecule has 1 aliphatic carbocycles. The van der Waals surface area contributed by atoms with Gasteiger partial charge in [-0.3, -0.25) is 4.79 Å². The molecule has 0 aromatic carbocycles. The molecule has 0 spiro atoms. The molecule has 1 saturated carbocycles. The van der Waals surface area contributed by atoms with E-state index < -0.39 is 0 Å². The van der Waals surface area contributed by atoms with Gasteiger partial charge in [0, 0.05) is 0 Å². The summed E-state index contributed by atoms with van der Waals surface area (Å²) in [5.41, 5.74) is 0. The Balaban J connectivity index is 2.29. The fourth-order valence-electron chi connectivity index (χ4n) is 2.01. The predicted molar refractivity (Wildman–Crippen MR) is 52.4 cm³/mol. The summed E-state index contributed by atoms with van der Waals surface area (Å²) in [5.74, 6) is 0.122. The van der Waals surface area contributed by atoms with E-state index in [4.69, 9.17) is 10.00 Å². The zero-order valence-corrected chi connectivity index (χ0v) is 8.66. The highest BCUT2D eigenvalue weighted by Crippen LogP contribution is 2.27. The molecule has 0 heterocycles. The van der Waals surface area contributed by atoms with E-state index in [2.05, 4.69) is 0 Å². The van der Waals surface area contributed by atoms with Gasteiger partial charge in [-0.1, -0.05) is 19.3 Å². The summed E-state index contributed by atoms with van der Waals surface area (Å²) >= 11 is 0. The van der Waals surface area contributed by atoms with Gasteiger partial charge in [-0.2, -0.15) is 5.26 Å². The van der Waals surface area contributed by atoms with Crippen molar-refractivity contribution in [1.82, 2.24) is 0 Å². The molecule has 78 valence electrons. The minimum absolute atomic E-state index is 0.0175. The molecule has 1 fully saturated rings. The molecule has 0 aromatic rings. The smallest absolute Gasteiger partial charge is 0.320 e. The Morgan fingerprint density at radius 2 is 2.14 bits per heavy atom. The number of carbonyl (C=O) groups is 1. The molecule has 14 heavy (non-hydrogen) atoms. The van der Waals surface area contributed by atoms with Crippen LogP contribution in [0.1, 0.15) is 45.4 Å². The van der Waals surface area contributed by atoms with Crippen molar-refractivity contribution in [1.29, 1.82) is 5.26 Å². The predicted octanol–water partition coefficient (Wildman–Crippen LogP) is 2.41. The lowest BCUT2D eigenvalue weighted by atomic mass is 9.86. The number of nitriles is 1. The maximum absolute atomic E-state index is 11.1. The van der Waals surface area contributed by atoms with Crippen molar-refractivity contribution in [2.75, 3.05) is 0 Å². The number of nitrogens with zero attached hydrogens (tertiary/aromatic N) is 1. The number of ether oxygens (including phenoxy) is 1. The quantitative estimate of drug-likeness (QED) is 0.650. The van der Waals surface area contributed by atoms with E-state index >= 15 is 0 Å². The van der Waals surface area contributed by atoms with Crippen LogP contribution in [-0.4, -0.2) is 12.1 Å². The molecule has 0 saturated heterocycles. The third kappa shape index (κ3) is 3.37. The molecule has 1 aliphatic rings. The van der Waals surface area contributed by atoms with Crippen molar-refractivity contribution >= 4 is 5.97 Å². The number of hydrogen-bond donors (Lipinski definition) is 0. The van der Waals surface area contributed by atoms with Crippen molar-refractivity contribution in [2.24, 2.45) is 5.92 Å². The van der Waals surface area contributed by atoms with Gasteiger partial charge >= 0.3 is 5.97 Å². The minimum atomic E-state index is -0.384. The van der Waals surface area contributed by atoms with Crippen LogP contribution in [0, 0.1) is 17.2 Å². The van der Waals surface area contributed by atoms with Gasteiger partial charge in [0.25, 0.3) is 0 Å². The Morgan fingerprint density at radius 1 is 1.50 bits per heavy atom. The average molecular weight is 195 g/mol. The van der Waals surface area contributed by atoms with Crippen LogP contribution in [0.15, 0.2) is 0 Å². The molecule has 3 heteroatoms. The standard InChI is InChI=1S/C11H17NO2/c1-9(14-11(13)7-8-12)10-5-3-2-4-6-10/h9-10H,2-7H2,1H3. The summed E-state index contributed by atoms with van der Waals surface area (Å²) in [4.78, 5) is 11.1.